The Bertz CT molecular complexity index is 7260. The number of rotatable bonds is 22. The van der Waals surface area contributed by atoms with Crippen LogP contribution in [0.1, 0.15) is 131 Å². The molecular formula is C135H109BN5O. The standard InChI is InChI=1S/C54H42N2.C54H38.C27H29N3O.B/c1-5-13-43(14-6-1)21-23-45-27-35-51(36-28-45)55(49-17-9-3-10-18-49)53-39-31-47(32-40-53)25-26-48-33-41-54(42-34-48)56(50-19-11-4-12-20-50)52-37-29-46(30-38-52)24-22-44-15-7-2-8-16-44;1-5-17-41(18-6-1)51(42-19-7-2-8-20-42)37-39-29-33-45(34-30-39)53-47-25-13-15-27-49(47)54(50-28-16-14-26-48(50)53)46-35-31-40(32-36-46)38-52(43-21-9-3-10-22-43)44-23-11-4-12-24-44;1-18-13-20(24(17-28)29-6)16-21(31-18)8-7-19-14-22-25-23(15-19)27(4,5)10-12-30(25)11-9-26(22,2)3;/h1-42H;1-38H;7-8,13-16H,9-12H2,1-5H3;/b23-21+,24-22+,26-25?;;8-7+,24-20-;. The lowest BCUT2D eigenvalue weighted by atomic mass is 9.69. The Kier molecular flexibility index (Phi) is 29.5. The third-order valence-electron chi connectivity index (χ3n) is 26.7. The van der Waals surface area contributed by atoms with Gasteiger partial charge in [-0.1, -0.05) is 434 Å². The van der Waals surface area contributed by atoms with E-state index in [0.717, 1.165) is 87.9 Å². The number of nitriles is 1. The number of fused-ring (bicyclic) bond motifs is 2. The maximum atomic E-state index is 9.21. The van der Waals surface area contributed by atoms with Crippen LogP contribution in [-0.4, -0.2) is 21.5 Å². The number of anilines is 7. The number of allylic oxidation sites excluding steroid dienone is 6. The highest BCUT2D eigenvalue weighted by atomic mass is 16.5. The summed E-state index contributed by atoms with van der Waals surface area (Å²) in [6.45, 7) is 20.7. The highest BCUT2D eigenvalue weighted by molar-refractivity contribution is 6.21. The molecule has 0 unspecified atom stereocenters. The highest BCUT2D eigenvalue weighted by Crippen LogP contribution is 2.51. The Hall–Kier alpha value is -17.6. The summed E-state index contributed by atoms with van der Waals surface area (Å²) in [5.41, 5.74) is 34.6. The molecule has 0 amide bonds. The van der Waals surface area contributed by atoms with Crippen LogP contribution >= 0.6 is 0 Å². The maximum Gasteiger partial charge on any atom is 0.269 e. The van der Waals surface area contributed by atoms with Gasteiger partial charge in [0.1, 0.15) is 11.5 Å². The second-order valence-corrected chi connectivity index (χ2v) is 37.2. The molecule has 683 valence electrons. The molecule has 21 rings (SSSR count). The summed E-state index contributed by atoms with van der Waals surface area (Å²) < 4.78 is 5.84. The van der Waals surface area contributed by atoms with Gasteiger partial charge < -0.3 is 19.4 Å². The molecule has 0 atom stereocenters. The molecule has 18 aromatic rings. The molecule has 0 spiro atoms. The summed E-state index contributed by atoms with van der Waals surface area (Å²) in [6.07, 6.45) is 27.4. The fourth-order valence-corrected chi connectivity index (χ4v) is 19.2. The van der Waals surface area contributed by atoms with Gasteiger partial charge in [-0.3, -0.25) is 0 Å². The van der Waals surface area contributed by atoms with Crippen LogP contribution in [0, 0.1) is 17.9 Å². The van der Waals surface area contributed by atoms with E-state index in [4.69, 9.17) is 11.3 Å². The summed E-state index contributed by atoms with van der Waals surface area (Å²) in [5, 5.41) is 14.2. The minimum absolute atomic E-state index is 0. The van der Waals surface area contributed by atoms with Crippen LogP contribution in [0.4, 0.5) is 39.8 Å². The van der Waals surface area contributed by atoms with Crippen LogP contribution in [0.2, 0.25) is 0 Å². The van der Waals surface area contributed by atoms with Gasteiger partial charge in [0.05, 0.1) is 12.6 Å². The molecule has 3 radical (unpaired) electrons. The van der Waals surface area contributed by atoms with E-state index in [-0.39, 0.29) is 24.9 Å². The van der Waals surface area contributed by atoms with Gasteiger partial charge in [0.2, 0.25) is 0 Å². The topological polar surface area (TPSA) is 47.1 Å². The van der Waals surface area contributed by atoms with E-state index < -0.39 is 0 Å². The first-order valence-electron chi connectivity index (χ1n) is 48.5. The van der Waals surface area contributed by atoms with Gasteiger partial charge in [-0.25, -0.2) is 10.1 Å². The van der Waals surface area contributed by atoms with Crippen LogP contribution in [0.15, 0.2) is 490 Å². The van der Waals surface area contributed by atoms with E-state index in [2.05, 4.69) is 539 Å². The van der Waals surface area contributed by atoms with Crippen molar-refractivity contribution in [1.29, 1.82) is 5.26 Å². The maximum absolute atomic E-state index is 9.21. The highest BCUT2D eigenvalue weighted by Gasteiger charge is 2.40. The van der Waals surface area contributed by atoms with Crippen LogP contribution in [0.3, 0.4) is 0 Å². The van der Waals surface area contributed by atoms with Crippen LogP contribution in [0.25, 0.3) is 114 Å². The first-order chi connectivity index (χ1) is 69.2. The second-order valence-electron chi connectivity index (χ2n) is 37.2. The molecule has 0 saturated carbocycles. The normalized spacial score (nSPS) is 13.6. The molecule has 0 aliphatic carbocycles. The fourth-order valence-electron chi connectivity index (χ4n) is 19.2. The molecule has 0 aromatic heterocycles. The van der Waals surface area contributed by atoms with Gasteiger partial charge >= 0.3 is 0 Å². The molecule has 0 bridgehead atoms. The zero-order chi connectivity index (χ0) is 96.3. The van der Waals surface area contributed by atoms with E-state index in [9.17, 15) is 5.26 Å². The van der Waals surface area contributed by atoms with Gasteiger partial charge in [-0.15, -0.1) is 0 Å². The molecule has 0 N–H and O–H groups in total. The molecule has 18 aromatic carbocycles. The number of hydrogen-bond acceptors (Lipinski definition) is 5. The third-order valence-corrected chi connectivity index (χ3v) is 26.7. The lowest BCUT2D eigenvalue weighted by molar-refractivity contribution is 0.318. The average molecular weight is 1830 g/mol. The Morgan fingerprint density at radius 3 is 0.894 bits per heavy atom. The van der Waals surface area contributed by atoms with Crippen LogP contribution < -0.4 is 14.7 Å². The lowest BCUT2D eigenvalue weighted by Crippen LogP contribution is -2.44. The Morgan fingerprint density at radius 2 is 0.592 bits per heavy atom. The summed E-state index contributed by atoms with van der Waals surface area (Å²) in [4.78, 5) is 10.5. The smallest absolute Gasteiger partial charge is 0.269 e. The predicted molar refractivity (Wildman–Crippen MR) is 605 cm³/mol. The van der Waals surface area contributed by atoms with Gasteiger partial charge in [0.25, 0.3) is 5.70 Å². The second kappa shape index (κ2) is 44.2. The van der Waals surface area contributed by atoms with Gasteiger partial charge in [-0.05, 0) is 290 Å². The minimum Gasteiger partial charge on any atom is -0.462 e. The fraction of sp³-hybridized carbons (Fsp3) is 0.0815. The largest absolute Gasteiger partial charge is 0.462 e. The zero-order valence-corrected chi connectivity index (χ0v) is 80.7. The molecule has 7 heteroatoms. The number of ether oxygens (including phenoxy) is 1. The predicted octanol–water partition coefficient (Wildman–Crippen LogP) is 35.6. The number of nitrogens with zero attached hydrogens (tertiary/aromatic N) is 5. The van der Waals surface area contributed by atoms with Crippen molar-refractivity contribution >= 4 is 136 Å². The monoisotopic (exact) mass is 1830 g/mol. The van der Waals surface area contributed by atoms with Crippen LogP contribution in [0.5, 0.6) is 0 Å². The molecule has 0 saturated heterocycles. The SMILES string of the molecule is C(=C(c1ccccc1)c1ccccc1)c1ccc(-c2c3ccccc3c(-c3ccc(C=C(c4ccccc4)c4ccccc4)cc3)c3ccccc23)cc1.C(=Cc1ccc(N(c2ccccc2)c2ccc(/C=C/c3ccccc3)cc2)cc1)c1ccc(N(c2ccccc2)c2ccc(/C=C/c3ccccc3)cc2)cc1.[B].[C-]#[N+]/C(C#N)=C1/C=C(C)OC(/C=C/c2cc3c4c(c2)C(C)(C)CCN4CCC3(C)C)=C1. The molecule has 3 aliphatic heterocycles. The van der Waals surface area contributed by atoms with Gasteiger partial charge in [0, 0.05) is 61.3 Å². The Labute approximate surface area is 838 Å². The van der Waals surface area contributed by atoms with Crippen molar-refractivity contribution in [2.75, 3.05) is 27.8 Å². The third kappa shape index (κ3) is 22.3. The lowest BCUT2D eigenvalue weighted by Gasteiger charge is -2.48. The van der Waals surface area contributed by atoms with Crippen molar-refractivity contribution in [2.45, 2.75) is 58.3 Å². The van der Waals surface area contributed by atoms with Crippen LogP contribution in [-0.2, 0) is 15.6 Å². The van der Waals surface area contributed by atoms with Crippen molar-refractivity contribution in [1.82, 2.24) is 0 Å². The number of para-hydroxylation sites is 2. The first-order valence-corrected chi connectivity index (χ1v) is 48.5. The van der Waals surface area contributed by atoms with Gasteiger partial charge in [-0.2, -0.15) is 0 Å². The van der Waals surface area contributed by atoms with E-state index in [0.29, 0.717) is 17.1 Å². The van der Waals surface area contributed by atoms with Crippen molar-refractivity contribution in [3.8, 4) is 28.3 Å². The molecule has 6 nitrogen and oxygen atoms in total. The first kappa shape index (κ1) is 94.7. The molecule has 3 aliphatic rings. The summed E-state index contributed by atoms with van der Waals surface area (Å²) in [7, 11) is 0. The van der Waals surface area contributed by atoms with Crippen molar-refractivity contribution in [2.24, 2.45) is 0 Å². The van der Waals surface area contributed by atoms with Crippen molar-refractivity contribution < 1.29 is 4.74 Å². The zero-order valence-electron chi connectivity index (χ0n) is 80.7. The number of hydrogen-bond donors (Lipinski definition) is 0. The summed E-state index contributed by atoms with van der Waals surface area (Å²) >= 11 is 0. The van der Waals surface area contributed by atoms with E-state index in [1.807, 2.05) is 31.2 Å². The van der Waals surface area contributed by atoms with E-state index in [1.54, 1.807) is 12.2 Å². The molecular weight excluding hydrogens is 1720 g/mol. The minimum atomic E-state index is 0. The quantitative estimate of drug-likeness (QED) is 0.0222. The van der Waals surface area contributed by atoms with E-state index in [1.165, 1.54) is 116 Å². The summed E-state index contributed by atoms with van der Waals surface area (Å²) in [5.74, 6) is 1.31. The molecule has 3 heterocycles. The Morgan fingerprint density at radius 1 is 0.324 bits per heavy atom. The average Bonchev–Trinajstić information content (AvgIpc) is 0.733. The van der Waals surface area contributed by atoms with Crippen molar-refractivity contribution in [3.05, 3.63) is 585 Å². The van der Waals surface area contributed by atoms with Crippen molar-refractivity contribution in [3.63, 3.8) is 0 Å². The number of benzene rings is 18. The van der Waals surface area contributed by atoms with E-state index >= 15 is 0 Å². The molecule has 0 fully saturated rings. The summed E-state index contributed by atoms with van der Waals surface area (Å²) in [6, 6.07) is 162. The Balaban J connectivity index is 0.000000146. The molecule has 142 heavy (non-hydrogen) atoms. The van der Waals surface area contributed by atoms with Gasteiger partial charge in [0.15, 0.2) is 0 Å².